The molecule has 4 heteroatoms. The van der Waals surface area contributed by atoms with Gasteiger partial charge in [0, 0.05) is 23.9 Å². The number of fused-ring (bicyclic) bond motifs is 2. The lowest BCUT2D eigenvalue weighted by molar-refractivity contribution is -0.389. The van der Waals surface area contributed by atoms with E-state index in [9.17, 15) is 9.59 Å². The fourth-order valence-corrected chi connectivity index (χ4v) is 3.61. The van der Waals surface area contributed by atoms with Crippen molar-refractivity contribution >= 4 is 40.8 Å². The van der Waals surface area contributed by atoms with Crippen molar-refractivity contribution in [3.8, 4) is 0 Å². The molecule has 2 heterocycles. The molecular weight excluding hydrogens is 312 g/mol. The molecule has 0 atom stereocenters. The molecule has 0 saturated carbocycles. The summed E-state index contributed by atoms with van der Waals surface area (Å²) in [5, 5.41) is 1.95. The molecule has 122 valence electrons. The van der Waals surface area contributed by atoms with Gasteiger partial charge in [-0.05, 0) is 12.1 Å². The highest BCUT2D eigenvalue weighted by Gasteiger charge is 2.32. The number of benzene rings is 2. The van der Waals surface area contributed by atoms with E-state index in [-0.39, 0.29) is 0 Å². The number of aldehydes is 2. The van der Waals surface area contributed by atoms with Crippen LogP contribution in [0.1, 0.15) is 27.3 Å². The molecule has 4 rings (SSSR count). The Morgan fingerprint density at radius 2 is 1.44 bits per heavy atom. The zero-order valence-electron chi connectivity index (χ0n) is 14.1. The molecule has 25 heavy (non-hydrogen) atoms. The smallest absolute Gasteiger partial charge is 0.253 e. The van der Waals surface area contributed by atoms with Gasteiger partial charge in [-0.25, -0.2) is 0 Å². The predicted molar refractivity (Wildman–Crippen MR) is 99.0 cm³/mol. The summed E-state index contributed by atoms with van der Waals surface area (Å²) in [5.41, 5.74) is 5.14. The molecule has 0 spiro atoms. The number of aromatic nitrogens is 1. The normalized spacial score (nSPS) is 15.0. The Labute approximate surface area is 145 Å². The van der Waals surface area contributed by atoms with Crippen molar-refractivity contribution in [3.63, 3.8) is 0 Å². The summed E-state index contributed by atoms with van der Waals surface area (Å²) >= 11 is 0. The second kappa shape index (κ2) is 5.67. The minimum absolute atomic E-state index is 0.649. The van der Waals surface area contributed by atoms with Gasteiger partial charge in [0.05, 0.1) is 22.5 Å². The van der Waals surface area contributed by atoms with Crippen LogP contribution in [0.2, 0.25) is 0 Å². The molecule has 1 aliphatic heterocycles. The first-order valence-corrected chi connectivity index (χ1v) is 8.07. The SMILES string of the molecule is Cn1c(C=O)c2ccccc2c1/C=C1\c2ccccc2C(C=O)=[N+]1C. The zero-order chi connectivity index (χ0) is 17.6. The van der Waals surface area contributed by atoms with Crippen molar-refractivity contribution in [3.05, 3.63) is 71.0 Å². The molecule has 1 aromatic heterocycles. The highest BCUT2D eigenvalue weighted by atomic mass is 16.1. The van der Waals surface area contributed by atoms with Crippen LogP contribution in [0.15, 0.2) is 48.5 Å². The van der Waals surface area contributed by atoms with E-state index in [1.807, 2.05) is 77.8 Å². The lowest BCUT2D eigenvalue weighted by atomic mass is 10.0. The third kappa shape index (κ3) is 2.11. The van der Waals surface area contributed by atoms with E-state index in [2.05, 4.69) is 0 Å². The van der Waals surface area contributed by atoms with E-state index < -0.39 is 0 Å². The summed E-state index contributed by atoms with van der Waals surface area (Å²) in [6.45, 7) is 0. The first-order chi connectivity index (χ1) is 12.2. The van der Waals surface area contributed by atoms with Crippen LogP contribution in [0, 0.1) is 0 Å². The average molecular weight is 329 g/mol. The molecule has 4 nitrogen and oxygen atoms in total. The lowest BCUT2D eigenvalue weighted by Crippen LogP contribution is -2.11. The van der Waals surface area contributed by atoms with Crippen molar-refractivity contribution in [1.82, 2.24) is 4.57 Å². The number of hydrogen-bond donors (Lipinski definition) is 0. The Balaban J connectivity index is 2.04. The van der Waals surface area contributed by atoms with Gasteiger partial charge in [-0.2, -0.15) is 4.58 Å². The molecular formula is C21H17N2O2+. The predicted octanol–water partition coefficient (Wildman–Crippen LogP) is 3.13. The molecule has 0 aliphatic carbocycles. The summed E-state index contributed by atoms with van der Waals surface area (Å²) in [7, 11) is 3.78. The number of carbonyl (C=O) groups is 2. The molecule has 0 amide bonds. The van der Waals surface area contributed by atoms with Crippen LogP contribution in [-0.2, 0) is 11.8 Å². The minimum atomic E-state index is 0.649. The van der Waals surface area contributed by atoms with Crippen LogP contribution in [-0.4, -0.2) is 34.5 Å². The molecule has 3 aromatic rings. The van der Waals surface area contributed by atoms with Gasteiger partial charge < -0.3 is 4.57 Å². The van der Waals surface area contributed by atoms with Crippen LogP contribution in [0.3, 0.4) is 0 Å². The average Bonchev–Trinajstić information content (AvgIpc) is 3.07. The molecule has 0 radical (unpaired) electrons. The van der Waals surface area contributed by atoms with Crippen molar-refractivity contribution in [1.29, 1.82) is 0 Å². The Kier molecular flexibility index (Phi) is 3.46. The van der Waals surface area contributed by atoms with Gasteiger partial charge in [0.25, 0.3) is 5.71 Å². The van der Waals surface area contributed by atoms with Crippen LogP contribution < -0.4 is 0 Å². The molecule has 0 N–H and O–H groups in total. The Morgan fingerprint density at radius 3 is 2.08 bits per heavy atom. The van der Waals surface area contributed by atoms with Crippen molar-refractivity contribution in [2.45, 2.75) is 0 Å². The molecule has 0 fully saturated rings. The number of nitrogens with zero attached hydrogens (tertiary/aromatic N) is 2. The summed E-state index contributed by atoms with van der Waals surface area (Å²) in [6.07, 6.45) is 3.82. The van der Waals surface area contributed by atoms with E-state index in [4.69, 9.17) is 0 Å². The Bertz CT molecular complexity index is 1100. The first-order valence-electron chi connectivity index (χ1n) is 8.07. The highest BCUT2D eigenvalue weighted by Crippen LogP contribution is 2.32. The van der Waals surface area contributed by atoms with Crippen molar-refractivity contribution in [2.24, 2.45) is 7.05 Å². The highest BCUT2D eigenvalue weighted by molar-refractivity contribution is 6.36. The molecule has 0 saturated heterocycles. The lowest BCUT2D eigenvalue weighted by Gasteiger charge is -2.02. The van der Waals surface area contributed by atoms with Gasteiger partial charge in [-0.15, -0.1) is 0 Å². The van der Waals surface area contributed by atoms with Gasteiger partial charge >= 0.3 is 0 Å². The summed E-state index contributed by atoms with van der Waals surface area (Å²) < 4.78 is 3.81. The maximum absolute atomic E-state index is 11.6. The monoisotopic (exact) mass is 329 g/mol. The Morgan fingerprint density at radius 1 is 0.840 bits per heavy atom. The van der Waals surface area contributed by atoms with Gasteiger partial charge in [0.2, 0.25) is 12.0 Å². The van der Waals surface area contributed by atoms with E-state index in [0.717, 1.165) is 45.9 Å². The van der Waals surface area contributed by atoms with E-state index in [1.165, 1.54) is 0 Å². The van der Waals surface area contributed by atoms with E-state index >= 15 is 0 Å². The third-order valence-electron chi connectivity index (χ3n) is 4.90. The summed E-state index contributed by atoms with van der Waals surface area (Å²) in [5.74, 6) is 0. The maximum atomic E-state index is 11.6. The third-order valence-corrected chi connectivity index (χ3v) is 4.90. The van der Waals surface area contributed by atoms with Crippen LogP contribution in [0.5, 0.6) is 0 Å². The van der Waals surface area contributed by atoms with E-state index in [1.54, 1.807) is 0 Å². The molecule has 0 unspecified atom stereocenters. The van der Waals surface area contributed by atoms with Crippen LogP contribution >= 0.6 is 0 Å². The minimum Gasteiger partial charge on any atom is -0.341 e. The second-order valence-corrected chi connectivity index (χ2v) is 6.13. The topological polar surface area (TPSA) is 42.1 Å². The quantitative estimate of drug-likeness (QED) is 0.547. The van der Waals surface area contributed by atoms with E-state index in [0.29, 0.717) is 11.4 Å². The fraction of sp³-hybridized carbons (Fsp3) is 0.0952. The second-order valence-electron chi connectivity index (χ2n) is 6.13. The van der Waals surface area contributed by atoms with Crippen LogP contribution in [0.4, 0.5) is 0 Å². The fourth-order valence-electron chi connectivity index (χ4n) is 3.61. The number of carbonyl (C=O) groups excluding carboxylic acids is 2. The van der Waals surface area contributed by atoms with Gasteiger partial charge in [0.15, 0.2) is 6.29 Å². The summed E-state index contributed by atoms with van der Waals surface area (Å²) in [6, 6.07) is 15.7. The maximum Gasteiger partial charge on any atom is 0.253 e. The molecule has 1 aliphatic rings. The largest absolute Gasteiger partial charge is 0.341 e. The van der Waals surface area contributed by atoms with Crippen LogP contribution in [0.25, 0.3) is 22.5 Å². The van der Waals surface area contributed by atoms with Crippen molar-refractivity contribution in [2.75, 3.05) is 7.05 Å². The molecule has 2 aromatic carbocycles. The van der Waals surface area contributed by atoms with Gasteiger partial charge in [-0.3, -0.25) is 9.59 Å². The van der Waals surface area contributed by atoms with Crippen molar-refractivity contribution < 1.29 is 14.2 Å². The molecule has 0 bridgehead atoms. The standard InChI is InChI=1S/C21H17N2O2/c1-22-18(14-7-3-5-9-16(14)20(22)12-24)11-19-15-8-4-6-10-17(15)21(13-25)23(19)2/h3-13H,1-2H3/q+1. The summed E-state index contributed by atoms with van der Waals surface area (Å²) in [4.78, 5) is 23.1. The zero-order valence-corrected chi connectivity index (χ0v) is 14.1. The van der Waals surface area contributed by atoms with Gasteiger partial charge in [-0.1, -0.05) is 36.4 Å². The Hall–Kier alpha value is -3.27. The number of rotatable bonds is 3. The van der Waals surface area contributed by atoms with Gasteiger partial charge in [0.1, 0.15) is 7.05 Å². The first kappa shape index (κ1) is 15.3. The number of hydrogen-bond acceptors (Lipinski definition) is 2.